The number of nitrogens with zero attached hydrogens (tertiary/aromatic N) is 5. The molecule has 0 bridgehead atoms. The number of aliphatic hydroxyl groups excluding tert-OH is 1. The van der Waals surface area contributed by atoms with Crippen LogP contribution in [0.25, 0.3) is 10.6 Å². The molecular formula is C22H22IN5O2S. The van der Waals surface area contributed by atoms with Crippen LogP contribution in [0.5, 0.6) is 0 Å². The second-order valence-corrected chi connectivity index (χ2v) is 9.85. The predicted molar refractivity (Wildman–Crippen MR) is 130 cm³/mol. The van der Waals surface area contributed by atoms with Crippen LogP contribution in [0.4, 0.5) is 11.5 Å². The number of carbonyl (C=O) groups excluding carboxylic acids is 1. The van der Waals surface area contributed by atoms with Crippen LogP contribution in [0.15, 0.2) is 36.7 Å². The van der Waals surface area contributed by atoms with Gasteiger partial charge in [-0.2, -0.15) is 0 Å². The standard InChI is InChI=1S/C22H22IN5O2S/c23-20-16(3-4-18(26-20)27-9-5-14(13-29)6-10-27)21-25-17-7-11-28(22(30)19(17)31-21)15-2-1-8-24-12-15/h1-4,8,12,14,29H,5-7,9-11,13H2. The first-order chi connectivity index (χ1) is 15.1. The maximum atomic E-state index is 13.1. The van der Waals surface area contributed by atoms with E-state index in [4.69, 9.17) is 9.97 Å². The first-order valence-electron chi connectivity index (χ1n) is 10.4. The van der Waals surface area contributed by atoms with Crippen LogP contribution in [-0.2, 0) is 6.42 Å². The molecule has 0 unspecified atom stereocenters. The molecule has 9 heteroatoms. The molecule has 5 heterocycles. The Balaban J connectivity index is 1.38. The molecule has 1 amide bonds. The lowest BCUT2D eigenvalue weighted by Gasteiger charge is -2.32. The van der Waals surface area contributed by atoms with E-state index in [0.29, 0.717) is 17.3 Å². The number of carbonyl (C=O) groups is 1. The Bertz CT molecular complexity index is 1100. The zero-order chi connectivity index (χ0) is 21.4. The summed E-state index contributed by atoms with van der Waals surface area (Å²) in [5.74, 6) is 1.36. The Kier molecular flexibility index (Phi) is 5.89. The quantitative estimate of drug-likeness (QED) is 0.397. The minimum absolute atomic E-state index is 0.00987. The molecule has 2 aliphatic rings. The summed E-state index contributed by atoms with van der Waals surface area (Å²) in [5, 5.41) is 10.2. The molecular weight excluding hydrogens is 525 g/mol. The molecule has 0 saturated carbocycles. The molecule has 7 nitrogen and oxygen atoms in total. The normalized spacial score (nSPS) is 17.2. The highest BCUT2D eigenvalue weighted by molar-refractivity contribution is 14.1. The van der Waals surface area contributed by atoms with E-state index in [1.807, 2.05) is 18.2 Å². The van der Waals surface area contributed by atoms with Crippen LogP contribution in [0.3, 0.4) is 0 Å². The summed E-state index contributed by atoms with van der Waals surface area (Å²) >= 11 is 3.71. The summed E-state index contributed by atoms with van der Waals surface area (Å²) in [7, 11) is 0. The minimum atomic E-state index is -0.00987. The maximum Gasteiger partial charge on any atom is 0.270 e. The van der Waals surface area contributed by atoms with Gasteiger partial charge in [0.15, 0.2) is 0 Å². The van der Waals surface area contributed by atoms with Gasteiger partial charge in [0, 0.05) is 44.4 Å². The predicted octanol–water partition coefficient (Wildman–Crippen LogP) is 3.62. The number of aliphatic hydroxyl groups is 1. The Morgan fingerprint density at radius 1 is 1.16 bits per heavy atom. The van der Waals surface area contributed by atoms with Crippen LogP contribution < -0.4 is 9.80 Å². The first kappa shape index (κ1) is 20.8. The van der Waals surface area contributed by atoms with Crippen LogP contribution in [0, 0.1) is 9.62 Å². The van der Waals surface area contributed by atoms with Crippen molar-refractivity contribution in [3.63, 3.8) is 0 Å². The molecule has 1 fully saturated rings. The summed E-state index contributed by atoms with van der Waals surface area (Å²) in [4.78, 5) is 31.6. The van der Waals surface area contributed by atoms with Crippen molar-refractivity contribution in [3.8, 4) is 10.6 Å². The molecule has 2 aliphatic heterocycles. The average molecular weight is 547 g/mol. The second-order valence-electron chi connectivity index (χ2n) is 7.83. The molecule has 0 aliphatic carbocycles. The number of amides is 1. The Morgan fingerprint density at radius 2 is 2.00 bits per heavy atom. The number of hydrogen-bond acceptors (Lipinski definition) is 7. The highest BCUT2D eigenvalue weighted by Crippen LogP contribution is 2.35. The van der Waals surface area contributed by atoms with Gasteiger partial charge in [-0.25, -0.2) is 9.97 Å². The number of thiazole rings is 1. The molecule has 1 saturated heterocycles. The van der Waals surface area contributed by atoms with Crippen molar-refractivity contribution in [2.45, 2.75) is 19.3 Å². The highest BCUT2D eigenvalue weighted by Gasteiger charge is 2.30. The Hall–Kier alpha value is -2.11. The number of halogens is 1. The van der Waals surface area contributed by atoms with Gasteiger partial charge in [0.2, 0.25) is 0 Å². The lowest BCUT2D eigenvalue weighted by molar-refractivity contribution is 0.0984. The average Bonchev–Trinajstić information content (AvgIpc) is 3.25. The fourth-order valence-corrected chi connectivity index (χ4v) is 6.06. The summed E-state index contributed by atoms with van der Waals surface area (Å²) in [6.45, 7) is 2.71. The third-order valence-electron chi connectivity index (χ3n) is 5.93. The van der Waals surface area contributed by atoms with E-state index in [1.54, 1.807) is 17.3 Å². The van der Waals surface area contributed by atoms with Gasteiger partial charge in [-0.1, -0.05) is 0 Å². The molecule has 5 rings (SSSR count). The van der Waals surface area contributed by atoms with E-state index >= 15 is 0 Å². The Labute approximate surface area is 198 Å². The monoisotopic (exact) mass is 547 g/mol. The van der Waals surface area contributed by atoms with Crippen LogP contribution in [-0.4, -0.2) is 52.2 Å². The number of pyridine rings is 2. The van der Waals surface area contributed by atoms with Crippen molar-refractivity contribution in [1.82, 2.24) is 15.0 Å². The number of aromatic nitrogens is 3. The minimum Gasteiger partial charge on any atom is -0.396 e. The zero-order valence-electron chi connectivity index (χ0n) is 16.9. The van der Waals surface area contributed by atoms with Crippen molar-refractivity contribution < 1.29 is 9.90 Å². The molecule has 0 aromatic carbocycles. The van der Waals surface area contributed by atoms with Gasteiger partial charge >= 0.3 is 0 Å². The number of anilines is 2. The number of fused-ring (bicyclic) bond motifs is 1. The molecule has 0 atom stereocenters. The molecule has 0 spiro atoms. The number of hydrogen-bond donors (Lipinski definition) is 1. The van der Waals surface area contributed by atoms with E-state index in [-0.39, 0.29) is 12.5 Å². The van der Waals surface area contributed by atoms with Crippen molar-refractivity contribution >= 4 is 51.3 Å². The van der Waals surface area contributed by atoms with E-state index in [1.165, 1.54) is 11.3 Å². The number of piperidine rings is 1. The van der Waals surface area contributed by atoms with Gasteiger partial charge in [0.1, 0.15) is 19.4 Å². The van der Waals surface area contributed by atoms with E-state index in [0.717, 1.165) is 63.8 Å². The van der Waals surface area contributed by atoms with Gasteiger partial charge in [-0.3, -0.25) is 9.78 Å². The SMILES string of the molecule is O=C1c2sc(-c3ccc(N4CCC(CO)CC4)nc3I)nc2CCN1c1cccnc1. The van der Waals surface area contributed by atoms with E-state index < -0.39 is 0 Å². The van der Waals surface area contributed by atoms with Gasteiger partial charge in [0.05, 0.1) is 17.6 Å². The topological polar surface area (TPSA) is 82.5 Å². The third-order valence-corrected chi connectivity index (χ3v) is 7.87. The van der Waals surface area contributed by atoms with Crippen molar-refractivity contribution in [1.29, 1.82) is 0 Å². The van der Waals surface area contributed by atoms with Crippen molar-refractivity contribution in [2.24, 2.45) is 5.92 Å². The fourth-order valence-electron chi connectivity index (χ4n) is 4.11. The summed E-state index contributed by atoms with van der Waals surface area (Å²) in [6, 6.07) is 7.86. The zero-order valence-corrected chi connectivity index (χ0v) is 19.8. The Morgan fingerprint density at radius 3 is 2.71 bits per heavy atom. The molecule has 160 valence electrons. The molecule has 3 aromatic rings. The highest BCUT2D eigenvalue weighted by atomic mass is 127. The number of rotatable bonds is 4. The smallest absolute Gasteiger partial charge is 0.270 e. The van der Waals surface area contributed by atoms with Crippen molar-refractivity contribution in [3.05, 3.63) is 50.9 Å². The van der Waals surface area contributed by atoms with Gasteiger partial charge in [-0.15, -0.1) is 11.3 Å². The van der Waals surface area contributed by atoms with Crippen molar-refractivity contribution in [2.75, 3.05) is 36.0 Å². The van der Waals surface area contributed by atoms with Gasteiger partial charge < -0.3 is 14.9 Å². The van der Waals surface area contributed by atoms with Gasteiger partial charge in [0.25, 0.3) is 5.91 Å². The largest absolute Gasteiger partial charge is 0.396 e. The third kappa shape index (κ3) is 4.06. The van der Waals surface area contributed by atoms with Crippen LogP contribution in [0.2, 0.25) is 0 Å². The maximum absolute atomic E-state index is 13.1. The molecule has 1 N–H and O–H groups in total. The molecule has 3 aromatic heterocycles. The summed E-state index contributed by atoms with van der Waals surface area (Å²) in [6.07, 6.45) is 6.15. The fraction of sp³-hybridized carbons (Fsp3) is 0.364. The van der Waals surface area contributed by atoms with E-state index in [2.05, 4.69) is 38.5 Å². The lowest BCUT2D eigenvalue weighted by atomic mass is 9.98. The summed E-state index contributed by atoms with van der Waals surface area (Å²) < 4.78 is 0.891. The van der Waals surface area contributed by atoms with E-state index in [9.17, 15) is 9.90 Å². The first-order valence-corrected chi connectivity index (χ1v) is 12.3. The van der Waals surface area contributed by atoms with Crippen LogP contribution in [0.1, 0.15) is 28.2 Å². The van der Waals surface area contributed by atoms with Crippen LogP contribution >= 0.6 is 33.9 Å². The lowest BCUT2D eigenvalue weighted by Crippen LogP contribution is -2.36. The molecule has 0 radical (unpaired) electrons. The molecule has 31 heavy (non-hydrogen) atoms. The second kappa shape index (κ2) is 8.79. The summed E-state index contributed by atoms with van der Waals surface area (Å²) in [5.41, 5.74) is 2.66. The van der Waals surface area contributed by atoms with Gasteiger partial charge in [-0.05, 0) is 65.6 Å².